The van der Waals surface area contributed by atoms with Gasteiger partial charge in [-0.2, -0.15) is 0 Å². The first kappa shape index (κ1) is 13.6. The number of carbonyl (C=O) groups excluding carboxylic acids is 1. The SMILES string of the molecule is O=C1CCCC/C1=C\c1cccc(Oc2ccccc2)c1. The Morgan fingerprint density at radius 3 is 2.43 bits per heavy atom. The van der Waals surface area contributed by atoms with Gasteiger partial charge in [-0.3, -0.25) is 4.79 Å². The molecule has 106 valence electrons. The molecule has 1 fully saturated rings. The van der Waals surface area contributed by atoms with E-state index in [0.29, 0.717) is 6.42 Å². The van der Waals surface area contributed by atoms with Gasteiger partial charge in [-0.05, 0) is 60.7 Å². The minimum absolute atomic E-state index is 0.288. The summed E-state index contributed by atoms with van der Waals surface area (Å²) < 4.78 is 5.82. The van der Waals surface area contributed by atoms with Crippen LogP contribution in [-0.2, 0) is 4.79 Å². The molecule has 0 atom stereocenters. The lowest BCUT2D eigenvalue weighted by Crippen LogP contribution is -2.07. The van der Waals surface area contributed by atoms with Gasteiger partial charge in [-0.1, -0.05) is 30.3 Å². The molecule has 0 aromatic heterocycles. The van der Waals surface area contributed by atoms with Crippen LogP contribution in [0.4, 0.5) is 0 Å². The quantitative estimate of drug-likeness (QED) is 0.738. The summed E-state index contributed by atoms with van der Waals surface area (Å²) >= 11 is 0. The maximum Gasteiger partial charge on any atom is 0.158 e. The highest BCUT2D eigenvalue weighted by molar-refractivity contribution is 6.00. The van der Waals surface area contributed by atoms with Crippen molar-refractivity contribution >= 4 is 11.9 Å². The van der Waals surface area contributed by atoms with Crippen molar-refractivity contribution in [2.75, 3.05) is 0 Å². The van der Waals surface area contributed by atoms with Crippen LogP contribution in [0.5, 0.6) is 11.5 Å². The van der Waals surface area contributed by atoms with Crippen molar-refractivity contribution in [2.45, 2.75) is 25.7 Å². The number of Topliss-reactive ketones (excluding diaryl/α,β-unsaturated/α-hetero) is 1. The van der Waals surface area contributed by atoms with Gasteiger partial charge in [0.2, 0.25) is 0 Å². The molecule has 21 heavy (non-hydrogen) atoms. The lowest BCUT2D eigenvalue weighted by molar-refractivity contribution is -0.116. The van der Waals surface area contributed by atoms with Gasteiger partial charge in [-0.15, -0.1) is 0 Å². The predicted molar refractivity (Wildman–Crippen MR) is 84.4 cm³/mol. The van der Waals surface area contributed by atoms with Gasteiger partial charge in [0.15, 0.2) is 5.78 Å². The van der Waals surface area contributed by atoms with E-state index < -0.39 is 0 Å². The van der Waals surface area contributed by atoms with E-state index in [1.165, 1.54) is 0 Å². The van der Waals surface area contributed by atoms with Crippen LogP contribution in [0.25, 0.3) is 6.08 Å². The van der Waals surface area contributed by atoms with Crippen LogP contribution in [0.2, 0.25) is 0 Å². The fourth-order valence-corrected chi connectivity index (χ4v) is 2.55. The zero-order valence-corrected chi connectivity index (χ0v) is 11.9. The van der Waals surface area contributed by atoms with Crippen molar-refractivity contribution in [3.8, 4) is 11.5 Å². The van der Waals surface area contributed by atoms with Crippen LogP contribution >= 0.6 is 0 Å². The molecular formula is C19H18O2. The summed E-state index contributed by atoms with van der Waals surface area (Å²) in [5.74, 6) is 1.89. The van der Waals surface area contributed by atoms with Gasteiger partial charge < -0.3 is 4.74 Å². The molecule has 0 spiro atoms. The molecule has 0 bridgehead atoms. The summed E-state index contributed by atoms with van der Waals surface area (Å²) in [6.07, 6.45) is 5.71. The highest BCUT2D eigenvalue weighted by Crippen LogP contribution is 2.25. The van der Waals surface area contributed by atoms with E-state index in [1.54, 1.807) is 0 Å². The maximum absolute atomic E-state index is 11.9. The molecule has 2 aromatic rings. The Labute approximate surface area is 125 Å². The van der Waals surface area contributed by atoms with Crippen LogP contribution in [0.3, 0.4) is 0 Å². The third-order valence-corrected chi connectivity index (χ3v) is 3.64. The molecule has 0 unspecified atom stereocenters. The summed E-state index contributed by atoms with van der Waals surface area (Å²) in [4.78, 5) is 11.9. The van der Waals surface area contributed by atoms with Crippen molar-refractivity contribution < 1.29 is 9.53 Å². The number of ketones is 1. The van der Waals surface area contributed by atoms with Crippen molar-refractivity contribution in [3.05, 3.63) is 65.7 Å². The van der Waals surface area contributed by atoms with E-state index >= 15 is 0 Å². The third-order valence-electron chi connectivity index (χ3n) is 3.64. The average molecular weight is 278 g/mol. The molecule has 1 saturated carbocycles. The lowest BCUT2D eigenvalue weighted by Gasteiger charge is -2.12. The smallest absolute Gasteiger partial charge is 0.158 e. The fourth-order valence-electron chi connectivity index (χ4n) is 2.55. The monoisotopic (exact) mass is 278 g/mol. The molecule has 3 rings (SSSR count). The minimum atomic E-state index is 0.288. The molecule has 1 aliphatic carbocycles. The van der Waals surface area contributed by atoms with E-state index in [2.05, 4.69) is 0 Å². The molecule has 2 nitrogen and oxygen atoms in total. The van der Waals surface area contributed by atoms with E-state index in [9.17, 15) is 4.79 Å². The maximum atomic E-state index is 11.9. The number of benzene rings is 2. The molecule has 0 heterocycles. The molecule has 0 amide bonds. The van der Waals surface area contributed by atoms with Gasteiger partial charge in [0.05, 0.1) is 0 Å². The molecule has 0 N–H and O–H groups in total. The molecule has 2 heteroatoms. The summed E-state index contributed by atoms with van der Waals surface area (Å²) in [6.45, 7) is 0. The van der Waals surface area contributed by atoms with E-state index in [4.69, 9.17) is 4.74 Å². The second-order valence-electron chi connectivity index (χ2n) is 5.29. The Hall–Kier alpha value is -2.35. The van der Waals surface area contributed by atoms with Crippen molar-refractivity contribution in [3.63, 3.8) is 0 Å². The normalized spacial score (nSPS) is 17.0. The fraction of sp³-hybridized carbons (Fsp3) is 0.211. The highest BCUT2D eigenvalue weighted by Gasteiger charge is 2.14. The first-order chi connectivity index (χ1) is 10.3. The van der Waals surface area contributed by atoms with Crippen LogP contribution in [0.1, 0.15) is 31.2 Å². The minimum Gasteiger partial charge on any atom is -0.457 e. The Morgan fingerprint density at radius 1 is 0.857 bits per heavy atom. The predicted octanol–water partition coefficient (Wildman–Crippen LogP) is 5.01. The van der Waals surface area contributed by atoms with Crippen LogP contribution in [0.15, 0.2) is 60.2 Å². The summed E-state index contributed by atoms with van der Waals surface area (Å²) in [7, 11) is 0. The van der Waals surface area contributed by atoms with Crippen LogP contribution in [0, 0.1) is 0 Å². The van der Waals surface area contributed by atoms with Crippen LogP contribution < -0.4 is 4.74 Å². The van der Waals surface area contributed by atoms with E-state index in [-0.39, 0.29) is 5.78 Å². The van der Waals surface area contributed by atoms with Crippen molar-refractivity contribution in [1.82, 2.24) is 0 Å². The molecular weight excluding hydrogens is 260 g/mol. The average Bonchev–Trinajstić information content (AvgIpc) is 2.51. The van der Waals surface area contributed by atoms with E-state index in [1.807, 2.05) is 60.7 Å². The molecule has 2 aromatic carbocycles. The van der Waals surface area contributed by atoms with Gasteiger partial charge in [0, 0.05) is 6.42 Å². The zero-order valence-electron chi connectivity index (χ0n) is 11.9. The van der Waals surface area contributed by atoms with Crippen molar-refractivity contribution in [1.29, 1.82) is 0 Å². The number of carbonyl (C=O) groups is 1. The second kappa shape index (κ2) is 6.40. The highest BCUT2D eigenvalue weighted by atomic mass is 16.5. The summed E-state index contributed by atoms with van der Waals surface area (Å²) in [5, 5.41) is 0. The second-order valence-corrected chi connectivity index (χ2v) is 5.29. The number of hydrogen-bond donors (Lipinski definition) is 0. The van der Waals surface area contributed by atoms with Crippen molar-refractivity contribution in [2.24, 2.45) is 0 Å². The first-order valence-electron chi connectivity index (χ1n) is 7.38. The largest absolute Gasteiger partial charge is 0.457 e. The van der Waals surface area contributed by atoms with Gasteiger partial charge >= 0.3 is 0 Å². The zero-order chi connectivity index (χ0) is 14.5. The molecule has 0 aliphatic heterocycles. The Bertz CT molecular complexity index is 656. The number of ether oxygens (including phenoxy) is 1. The summed E-state index contributed by atoms with van der Waals surface area (Å²) in [5.41, 5.74) is 1.96. The molecule has 1 aliphatic rings. The van der Waals surface area contributed by atoms with Gasteiger partial charge in [0.25, 0.3) is 0 Å². The Kier molecular flexibility index (Phi) is 4.15. The van der Waals surface area contributed by atoms with E-state index in [0.717, 1.165) is 41.9 Å². The number of para-hydroxylation sites is 1. The number of hydrogen-bond acceptors (Lipinski definition) is 2. The summed E-state index contributed by atoms with van der Waals surface area (Å²) in [6, 6.07) is 17.6. The molecule has 0 saturated heterocycles. The topological polar surface area (TPSA) is 26.3 Å². The Morgan fingerprint density at radius 2 is 1.62 bits per heavy atom. The number of rotatable bonds is 3. The van der Waals surface area contributed by atoms with Gasteiger partial charge in [0.1, 0.15) is 11.5 Å². The number of allylic oxidation sites excluding steroid dienone is 1. The Balaban J connectivity index is 1.80. The third kappa shape index (κ3) is 3.60. The van der Waals surface area contributed by atoms with Crippen LogP contribution in [-0.4, -0.2) is 5.78 Å². The molecule has 0 radical (unpaired) electrons. The standard InChI is InChI=1S/C19H18O2/c20-19-12-5-4-8-16(19)13-15-7-6-11-18(14-15)21-17-9-2-1-3-10-17/h1-3,6-7,9-11,13-14H,4-5,8,12H2/b16-13+. The first-order valence-corrected chi connectivity index (χ1v) is 7.38. The van der Waals surface area contributed by atoms with Gasteiger partial charge in [-0.25, -0.2) is 0 Å². The lowest BCUT2D eigenvalue weighted by atomic mass is 9.92.